The third-order valence-electron chi connectivity index (χ3n) is 5.93. The molecule has 0 aliphatic carbocycles. The van der Waals surface area contributed by atoms with E-state index >= 15 is 0 Å². The molecule has 1 aromatic heterocycles. The molecule has 2 heterocycles. The molecule has 1 aliphatic rings. The highest BCUT2D eigenvalue weighted by atomic mass is 32.2. The Kier molecular flexibility index (Phi) is 6.85. The van der Waals surface area contributed by atoms with Gasteiger partial charge in [0, 0.05) is 29.7 Å². The van der Waals surface area contributed by atoms with E-state index in [1.807, 2.05) is 49.1 Å². The lowest BCUT2D eigenvalue weighted by Crippen LogP contribution is -2.70. The maximum absolute atomic E-state index is 13.0. The van der Waals surface area contributed by atoms with Crippen LogP contribution in [0.1, 0.15) is 24.6 Å². The van der Waals surface area contributed by atoms with E-state index in [0.717, 1.165) is 28.7 Å². The van der Waals surface area contributed by atoms with E-state index in [4.69, 9.17) is 9.94 Å². The van der Waals surface area contributed by atoms with Gasteiger partial charge in [-0.3, -0.25) is 19.9 Å². The molecule has 180 valence electrons. The van der Waals surface area contributed by atoms with E-state index in [9.17, 15) is 13.2 Å². The van der Waals surface area contributed by atoms with Gasteiger partial charge in [0.05, 0.1) is 22.4 Å². The highest BCUT2D eigenvalue weighted by molar-refractivity contribution is 7.89. The van der Waals surface area contributed by atoms with Crippen molar-refractivity contribution in [3.8, 4) is 5.75 Å². The number of likely N-dealkylation sites (tertiary alicyclic amines) is 1. The second kappa shape index (κ2) is 9.67. The average molecular weight is 485 g/mol. The van der Waals surface area contributed by atoms with Gasteiger partial charge < -0.3 is 4.74 Å². The van der Waals surface area contributed by atoms with Gasteiger partial charge in [-0.05, 0) is 49.9 Å². The standard InChI is InChI=1S/C24H28N4O5S/c1-3-28-15-24(16-28,13-23(29)26-30)27-34(31,32)20-10-8-19(9-11-20)33-14-18-12-17(2)25-22-7-5-4-6-21(18)22/h4-12,27,30H,3,13-16H2,1-2H3,(H,26,29). The van der Waals surface area contributed by atoms with Gasteiger partial charge in [0.2, 0.25) is 15.9 Å². The van der Waals surface area contributed by atoms with Crippen LogP contribution < -0.4 is 14.9 Å². The summed E-state index contributed by atoms with van der Waals surface area (Å²) in [7, 11) is -3.88. The fourth-order valence-electron chi connectivity index (χ4n) is 4.33. The number of amides is 1. The van der Waals surface area contributed by atoms with Crippen molar-refractivity contribution in [1.82, 2.24) is 20.1 Å². The maximum atomic E-state index is 13.0. The van der Waals surface area contributed by atoms with Crippen molar-refractivity contribution in [3.05, 3.63) is 65.9 Å². The van der Waals surface area contributed by atoms with E-state index in [-0.39, 0.29) is 11.3 Å². The lowest BCUT2D eigenvalue weighted by atomic mass is 9.87. The first-order valence-electron chi connectivity index (χ1n) is 11.0. The number of hydroxylamine groups is 1. The number of rotatable bonds is 9. The van der Waals surface area contributed by atoms with Gasteiger partial charge in [-0.2, -0.15) is 0 Å². The molecule has 9 nitrogen and oxygen atoms in total. The third kappa shape index (κ3) is 5.20. The monoisotopic (exact) mass is 484 g/mol. The van der Waals surface area contributed by atoms with Crippen molar-refractivity contribution in [2.75, 3.05) is 19.6 Å². The Hall–Kier alpha value is -3.05. The number of aryl methyl sites for hydroxylation is 1. The number of benzene rings is 2. The van der Waals surface area contributed by atoms with Crippen LogP contribution in [0.3, 0.4) is 0 Å². The lowest BCUT2D eigenvalue weighted by molar-refractivity contribution is -0.132. The summed E-state index contributed by atoms with van der Waals surface area (Å²) in [6, 6.07) is 16.0. The van der Waals surface area contributed by atoms with E-state index in [0.29, 0.717) is 25.4 Å². The van der Waals surface area contributed by atoms with Crippen LogP contribution >= 0.6 is 0 Å². The minimum Gasteiger partial charge on any atom is -0.489 e. The van der Waals surface area contributed by atoms with Crippen LogP contribution in [0.15, 0.2) is 59.5 Å². The normalized spacial score (nSPS) is 15.6. The van der Waals surface area contributed by atoms with Crippen LogP contribution in [-0.4, -0.2) is 54.6 Å². The van der Waals surface area contributed by atoms with Crippen molar-refractivity contribution in [2.45, 2.75) is 37.3 Å². The zero-order valence-electron chi connectivity index (χ0n) is 19.1. The second-order valence-corrected chi connectivity index (χ2v) is 10.3. The van der Waals surface area contributed by atoms with Crippen molar-refractivity contribution >= 4 is 26.8 Å². The number of carbonyl (C=O) groups is 1. The number of sulfonamides is 1. The Balaban J connectivity index is 1.46. The summed E-state index contributed by atoms with van der Waals surface area (Å²) >= 11 is 0. The SMILES string of the molecule is CCN1CC(CC(=O)NO)(NS(=O)(=O)c2ccc(OCc3cc(C)nc4ccccc34)cc2)C1. The summed E-state index contributed by atoms with van der Waals surface area (Å²) in [5.41, 5.74) is 3.41. The molecule has 0 atom stereocenters. The predicted molar refractivity (Wildman–Crippen MR) is 127 cm³/mol. The molecular formula is C24H28N4O5S. The Morgan fingerprint density at radius 1 is 1.18 bits per heavy atom. The quantitative estimate of drug-likeness (QED) is 0.315. The van der Waals surface area contributed by atoms with Gasteiger partial charge in [0.15, 0.2) is 0 Å². The van der Waals surface area contributed by atoms with Crippen LogP contribution in [-0.2, 0) is 21.4 Å². The number of nitrogens with one attached hydrogen (secondary N) is 2. The van der Waals surface area contributed by atoms with E-state index in [2.05, 4.69) is 9.71 Å². The third-order valence-corrected chi connectivity index (χ3v) is 7.53. The predicted octanol–water partition coefficient (Wildman–Crippen LogP) is 2.37. The van der Waals surface area contributed by atoms with E-state index < -0.39 is 21.5 Å². The summed E-state index contributed by atoms with van der Waals surface area (Å²) in [4.78, 5) is 18.4. The number of hydrogen-bond acceptors (Lipinski definition) is 7. The van der Waals surface area contributed by atoms with Crippen LogP contribution in [0, 0.1) is 6.92 Å². The van der Waals surface area contributed by atoms with Gasteiger partial charge in [0.1, 0.15) is 12.4 Å². The van der Waals surface area contributed by atoms with Crippen LogP contribution in [0.2, 0.25) is 0 Å². The molecule has 3 N–H and O–H groups in total. The Bertz CT molecular complexity index is 1290. The zero-order chi connectivity index (χ0) is 24.3. The number of nitrogens with zero attached hydrogens (tertiary/aromatic N) is 2. The molecular weight excluding hydrogens is 456 g/mol. The molecule has 10 heteroatoms. The topological polar surface area (TPSA) is 121 Å². The summed E-state index contributed by atoms with van der Waals surface area (Å²) in [6.07, 6.45) is -0.153. The van der Waals surface area contributed by atoms with E-state index in [1.54, 1.807) is 17.6 Å². The molecule has 0 bridgehead atoms. The summed E-state index contributed by atoms with van der Waals surface area (Å²) in [5, 5.41) is 9.89. The van der Waals surface area contributed by atoms with Crippen molar-refractivity contribution in [3.63, 3.8) is 0 Å². The van der Waals surface area contributed by atoms with E-state index in [1.165, 1.54) is 12.1 Å². The second-order valence-electron chi connectivity index (χ2n) is 8.60. The van der Waals surface area contributed by atoms with Crippen LogP contribution in [0.5, 0.6) is 5.75 Å². The molecule has 1 saturated heterocycles. The fraction of sp³-hybridized carbons (Fsp3) is 0.333. The Morgan fingerprint density at radius 2 is 1.88 bits per heavy atom. The largest absolute Gasteiger partial charge is 0.489 e. The van der Waals surface area contributed by atoms with Crippen LogP contribution in [0.25, 0.3) is 10.9 Å². The molecule has 1 amide bonds. The van der Waals surface area contributed by atoms with Crippen molar-refractivity contribution in [2.24, 2.45) is 0 Å². The lowest BCUT2D eigenvalue weighted by Gasteiger charge is -2.49. The number of fused-ring (bicyclic) bond motifs is 1. The molecule has 1 fully saturated rings. The molecule has 1 aliphatic heterocycles. The number of pyridine rings is 1. The molecule has 2 aromatic carbocycles. The number of aromatic nitrogens is 1. The molecule has 3 aromatic rings. The molecule has 0 unspecified atom stereocenters. The van der Waals surface area contributed by atoms with Gasteiger partial charge in [-0.25, -0.2) is 18.6 Å². The number of ether oxygens (including phenoxy) is 1. The van der Waals surface area contributed by atoms with Gasteiger partial charge in [-0.1, -0.05) is 25.1 Å². The summed E-state index contributed by atoms with van der Waals surface area (Å²) in [6.45, 7) is 5.72. The van der Waals surface area contributed by atoms with Crippen molar-refractivity contribution in [1.29, 1.82) is 0 Å². The van der Waals surface area contributed by atoms with Crippen molar-refractivity contribution < 1.29 is 23.2 Å². The molecule has 4 rings (SSSR count). The summed E-state index contributed by atoms with van der Waals surface area (Å²) < 4.78 is 34.6. The first-order valence-corrected chi connectivity index (χ1v) is 12.5. The van der Waals surface area contributed by atoms with Gasteiger partial charge in [-0.15, -0.1) is 0 Å². The first-order chi connectivity index (χ1) is 16.2. The van der Waals surface area contributed by atoms with Crippen LogP contribution in [0.4, 0.5) is 0 Å². The smallest absolute Gasteiger partial charge is 0.245 e. The fourth-order valence-corrected chi connectivity index (χ4v) is 5.71. The molecule has 34 heavy (non-hydrogen) atoms. The number of hydrogen-bond donors (Lipinski definition) is 3. The Morgan fingerprint density at radius 3 is 2.56 bits per heavy atom. The zero-order valence-corrected chi connectivity index (χ0v) is 19.9. The minimum atomic E-state index is -3.88. The highest BCUT2D eigenvalue weighted by Crippen LogP contribution is 2.28. The number of likely N-dealkylation sites (N-methyl/N-ethyl adjacent to an activating group) is 1. The molecule has 0 radical (unpaired) electrons. The minimum absolute atomic E-state index is 0.0729. The average Bonchev–Trinajstić information content (AvgIpc) is 2.80. The molecule has 0 spiro atoms. The number of para-hydroxylation sites is 1. The summed E-state index contributed by atoms with van der Waals surface area (Å²) in [5.74, 6) is -0.103. The van der Waals surface area contributed by atoms with Gasteiger partial charge >= 0.3 is 0 Å². The maximum Gasteiger partial charge on any atom is 0.245 e. The number of carbonyl (C=O) groups excluding carboxylic acids is 1. The molecule has 0 saturated carbocycles. The van der Waals surface area contributed by atoms with Gasteiger partial charge in [0.25, 0.3) is 0 Å². The Labute approximate surface area is 198 Å². The highest BCUT2D eigenvalue weighted by Gasteiger charge is 2.46. The first kappa shape index (κ1) is 24.1.